The Labute approximate surface area is 114 Å². The molecule has 0 atom stereocenters. The van der Waals surface area contributed by atoms with E-state index in [4.69, 9.17) is 0 Å². The molecule has 0 aliphatic carbocycles. The fraction of sp³-hybridized carbons (Fsp3) is 0.312. The number of benzene rings is 1. The van der Waals surface area contributed by atoms with Gasteiger partial charge in [0.25, 0.3) is 0 Å². The van der Waals surface area contributed by atoms with E-state index in [1.807, 2.05) is 36.0 Å². The predicted molar refractivity (Wildman–Crippen MR) is 76.9 cm³/mol. The van der Waals surface area contributed by atoms with Gasteiger partial charge in [-0.3, -0.25) is 4.79 Å². The molecule has 0 aliphatic rings. The minimum Gasteiger partial charge on any atom is -0.357 e. The van der Waals surface area contributed by atoms with Crippen LogP contribution in [0.3, 0.4) is 0 Å². The topological polar surface area (TPSA) is 34.0 Å². The maximum Gasteiger partial charge on any atom is 0.220 e. The van der Waals surface area contributed by atoms with Crippen molar-refractivity contribution >= 4 is 5.91 Å². The molecule has 2 rings (SSSR count). The Morgan fingerprint density at radius 1 is 1.11 bits per heavy atom. The van der Waals surface area contributed by atoms with Crippen molar-refractivity contribution in [1.29, 1.82) is 0 Å². The van der Waals surface area contributed by atoms with Gasteiger partial charge >= 0.3 is 0 Å². The predicted octanol–water partition coefficient (Wildman–Crippen LogP) is 2.32. The molecule has 0 aliphatic heterocycles. The molecule has 3 nitrogen and oxygen atoms in total. The van der Waals surface area contributed by atoms with Crippen LogP contribution >= 0.6 is 0 Å². The fourth-order valence-corrected chi connectivity index (χ4v) is 2.05. The first-order chi connectivity index (χ1) is 9.24. The Kier molecular flexibility index (Phi) is 4.78. The molecule has 100 valence electrons. The molecular formula is C16H20N2O. The van der Waals surface area contributed by atoms with Crippen LogP contribution in [0.1, 0.15) is 17.5 Å². The van der Waals surface area contributed by atoms with E-state index in [0.717, 1.165) is 12.8 Å². The number of carbonyl (C=O) groups excluding carboxylic acids is 1. The number of aryl methyl sites for hydroxylation is 2. The lowest BCUT2D eigenvalue weighted by molar-refractivity contribution is -0.121. The number of carbonyl (C=O) groups is 1. The van der Waals surface area contributed by atoms with Crippen LogP contribution in [0.4, 0.5) is 0 Å². The van der Waals surface area contributed by atoms with E-state index in [0.29, 0.717) is 13.0 Å². The highest BCUT2D eigenvalue weighted by Crippen LogP contribution is 2.02. The summed E-state index contributed by atoms with van der Waals surface area (Å²) in [5.41, 5.74) is 2.46. The molecule has 0 spiro atoms. The van der Waals surface area contributed by atoms with Gasteiger partial charge in [-0.05, 0) is 30.0 Å². The molecule has 1 aromatic carbocycles. The minimum atomic E-state index is 0.125. The molecule has 0 saturated heterocycles. The van der Waals surface area contributed by atoms with E-state index in [1.54, 1.807) is 0 Å². The first kappa shape index (κ1) is 13.4. The third-order valence-corrected chi connectivity index (χ3v) is 3.11. The van der Waals surface area contributed by atoms with Gasteiger partial charge in [0, 0.05) is 32.4 Å². The summed E-state index contributed by atoms with van der Waals surface area (Å²) in [5, 5.41) is 2.96. The molecule has 1 N–H and O–H groups in total. The molecule has 2 aromatic rings. The van der Waals surface area contributed by atoms with Crippen molar-refractivity contribution in [2.24, 2.45) is 7.05 Å². The van der Waals surface area contributed by atoms with E-state index in [2.05, 4.69) is 29.7 Å². The second kappa shape index (κ2) is 6.78. The summed E-state index contributed by atoms with van der Waals surface area (Å²) in [6, 6.07) is 12.2. The van der Waals surface area contributed by atoms with Crippen LogP contribution in [-0.4, -0.2) is 17.0 Å². The van der Waals surface area contributed by atoms with Gasteiger partial charge in [-0.15, -0.1) is 0 Å². The zero-order valence-electron chi connectivity index (χ0n) is 11.3. The monoisotopic (exact) mass is 256 g/mol. The first-order valence-electron chi connectivity index (χ1n) is 6.65. The van der Waals surface area contributed by atoms with E-state index >= 15 is 0 Å². The standard InChI is InChI=1S/C16H20N2O/c1-18-12-10-15(13-18)9-11-17-16(19)8-7-14-5-3-2-4-6-14/h2-6,10,12-13H,7-9,11H2,1H3,(H,17,19). The van der Waals surface area contributed by atoms with Gasteiger partial charge in [0.1, 0.15) is 0 Å². The van der Waals surface area contributed by atoms with Crippen LogP contribution in [-0.2, 0) is 24.7 Å². The lowest BCUT2D eigenvalue weighted by atomic mass is 10.1. The number of nitrogens with one attached hydrogen (secondary N) is 1. The molecule has 19 heavy (non-hydrogen) atoms. The highest BCUT2D eigenvalue weighted by atomic mass is 16.1. The van der Waals surface area contributed by atoms with Crippen molar-refractivity contribution < 1.29 is 4.79 Å². The maximum atomic E-state index is 11.7. The third-order valence-electron chi connectivity index (χ3n) is 3.11. The number of aromatic nitrogens is 1. The van der Waals surface area contributed by atoms with Crippen molar-refractivity contribution in [2.45, 2.75) is 19.3 Å². The molecule has 3 heteroatoms. The lowest BCUT2D eigenvalue weighted by Crippen LogP contribution is -2.25. The van der Waals surface area contributed by atoms with Crippen LogP contribution in [0.2, 0.25) is 0 Å². The van der Waals surface area contributed by atoms with E-state index < -0.39 is 0 Å². The van der Waals surface area contributed by atoms with Crippen LogP contribution in [0.5, 0.6) is 0 Å². The summed E-state index contributed by atoms with van der Waals surface area (Å²) in [4.78, 5) is 11.7. The maximum absolute atomic E-state index is 11.7. The summed E-state index contributed by atoms with van der Waals surface area (Å²) in [5.74, 6) is 0.125. The van der Waals surface area contributed by atoms with Gasteiger partial charge in [0.05, 0.1) is 0 Å². The van der Waals surface area contributed by atoms with E-state index in [1.165, 1.54) is 11.1 Å². The third kappa shape index (κ3) is 4.62. The van der Waals surface area contributed by atoms with Gasteiger partial charge in [0.2, 0.25) is 5.91 Å². The van der Waals surface area contributed by atoms with Crippen LogP contribution < -0.4 is 5.32 Å². The molecule has 0 fully saturated rings. The zero-order chi connectivity index (χ0) is 13.5. The van der Waals surface area contributed by atoms with Gasteiger partial charge < -0.3 is 9.88 Å². The Morgan fingerprint density at radius 2 is 1.89 bits per heavy atom. The van der Waals surface area contributed by atoms with Crippen molar-refractivity contribution in [2.75, 3.05) is 6.54 Å². The highest BCUT2D eigenvalue weighted by Gasteiger charge is 2.02. The Bertz CT molecular complexity index is 517. The van der Waals surface area contributed by atoms with E-state index in [9.17, 15) is 4.79 Å². The van der Waals surface area contributed by atoms with E-state index in [-0.39, 0.29) is 5.91 Å². The van der Waals surface area contributed by atoms with Crippen molar-refractivity contribution in [1.82, 2.24) is 9.88 Å². The van der Waals surface area contributed by atoms with Crippen LogP contribution in [0.25, 0.3) is 0 Å². The molecule has 1 heterocycles. The second-order valence-electron chi connectivity index (χ2n) is 4.77. The number of amides is 1. The molecule has 0 saturated carbocycles. The molecule has 0 bridgehead atoms. The largest absolute Gasteiger partial charge is 0.357 e. The minimum absolute atomic E-state index is 0.125. The number of rotatable bonds is 6. The molecule has 0 radical (unpaired) electrons. The summed E-state index contributed by atoms with van der Waals surface area (Å²) >= 11 is 0. The smallest absolute Gasteiger partial charge is 0.220 e. The number of hydrogen-bond acceptors (Lipinski definition) is 1. The highest BCUT2D eigenvalue weighted by molar-refractivity contribution is 5.76. The average Bonchev–Trinajstić information content (AvgIpc) is 2.83. The number of hydrogen-bond donors (Lipinski definition) is 1. The molecular weight excluding hydrogens is 236 g/mol. The Balaban J connectivity index is 1.65. The fourth-order valence-electron chi connectivity index (χ4n) is 2.05. The molecule has 0 unspecified atom stereocenters. The summed E-state index contributed by atoms with van der Waals surface area (Å²) in [6.45, 7) is 0.706. The summed E-state index contributed by atoms with van der Waals surface area (Å²) in [6.07, 6.45) is 6.34. The van der Waals surface area contributed by atoms with Gasteiger partial charge in [-0.25, -0.2) is 0 Å². The van der Waals surface area contributed by atoms with Crippen molar-refractivity contribution in [3.63, 3.8) is 0 Å². The summed E-state index contributed by atoms with van der Waals surface area (Å²) in [7, 11) is 2.00. The Hall–Kier alpha value is -2.03. The van der Waals surface area contributed by atoms with Gasteiger partial charge in [0.15, 0.2) is 0 Å². The van der Waals surface area contributed by atoms with Gasteiger partial charge in [-0.1, -0.05) is 30.3 Å². The van der Waals surface area contributed by atoms with Crippen LogP contribution in [0.15, 0.2) is 48.8 Å². The second-order valence-corrected chi connectivity index (χ2v) is 4.77. The SMILES string of the molecule is Cn1ccc(CCNC(=O)CCc2ccccc2)c1. The lowest BCUT2D eigenvalue weighted by Gasteiger charge is -2.04. The van der Waals surface area contributed by atoms with Crippen molar-refractivity contribution in [3.8, 4) is 0 Å². The first-order valence-corrected chi connectivity index (χ1v) is 6.65. The average molecular weight is 256 g/mol. The molecule has 1 aromatic heterocycles. The Morgan fingerprint density at radius 3 is 2.58 bits per heavy atom. The number of nitrogens with zero attached hydrogens (tertiary/aromatic N) is 1. The quantitative estimate of drug-likeness (QED) is 0.845. The van der Waals surface area contributed by atoms with Crippen molar-refractivity contribution in [3.05, 3.63) is 59.9 Å². The zero-order valence-corrected chi connectivity index (χ0v) is 11.3. The van der Waals surface area contributed by atoms with Gasteiger partial charge in [-0.2, -0.15) is 0 Å². The molecule has 1 amide bonds. The normalized spacial score (nSPS) is 10.4. The van der Waals surface area contributed by atoms with Crippen LogP contribution in [0, 0.1) is 0 Å². The summed E-state index contributed by atoms with van der Waals surface area (Å²) < 4.78 is 2.02.